The fourth-order valence-corrected chi connectivity index (χ4v) is 4.29. The van der Waals surface area contributed by atoms with Crippen molar-refractivity contribution in [1.29, 1.82) is 0 Å². The summed E-state index contributed by atoms with van der Waals surface area (Å²) < 4.78 is 23.2. The van der Waals surface area contributed by atoms with Crippen LogP contribution < -0.4 is 0 Å². The first-order valence-electron chi connectivity index (χ1n) is 10.3. The number of carbonyl (C=O) groups is 1. The molecule has 1 saturated heterocycles. The molecule has 0 aliphatic carbocycles. The average Bonchev–Trinajstić information content (AvgIpc) is 2.92. The summed E-state index contributed by atoms with van der Waals surface area (Å²) in [6.45, 7) is 18.5. The van der Waals surface area contributed by atoms with Crippen molar-refractivity contribution in [1.82, 2.24) is 0 Å². The highest BCUT2D eigenvalue weighted by atomic mass is 28.4. The molecule has 0 aromatic heterocycles. The van der Waals surface area contributed by atoms with Gasteiger partial charge in [-0.25, -0.2) is 0 Å². The molecule has 28 heavy (non-hydrogen) atoms. The Bertz CT molecular complexity index is 508. The Kier molecular flexibility index (Phi) is 8.73. The average molecular weight is 419 g/mol. The lowest BCUT2D eigenvalue weighted by Crippen LogP contribution is -2.51. The number of hydrogen-bond donors (Lipinski definition) is 1. The second-order valence-electron chi connectivity index (χ2n) is 10.6. The number of carbonyl (C=O) groups excluding carboxylic acids is 1. The minimum absolute atomic E-state index is 0.00424. The van der Waals surface area contributed by atoms with E-state index in [2.05, 4.69) is 40.8 Å². The predicted octanol–water partition coefficient (Wildman–Crippen LogP) is 4.11. The summed E-state index contributed by atoms with van der Waals surface area (Å²) in [5.74, 6) is -0.0967. The second-order valence-corrected chi connectivity index (χ2v) is 15.3. The molecule has 0 saturated carbocycles. The monoisotopic (exact) mass is 418 g/mol. The Balaban J connectivity index is 2.90. The molecule has 0 bridgehead atoms. The lowest BCUT2D eigenvalue weighted by Gasteiger charge is -2.41. The smallest absolute Gasteiger partial charge is 0.311 e. The number of ether oxygens (including phenoxy) is 3. The van der Waals surface area contributed by atoms with E-state index < -0.39 is 25.9 Å². The first-order valence-corrected chi connectivity index (χ1v) is 13.2. The fourth-order valence-electron chi connectivity index (χ4n) is 2.92. The van der Waals surface area contributed by atoms with E-state index in [9.17, 15) is 9.90 Å². The van der Waals surface area contributed by atoms with Crippen molar-refractivity contribution in [3.05, 3.63) is 0 Å². The van der Waals surface area contributed by atoms with Crippen LogP contribution in [-0.2, 0) is 23.4 Å². The van der Waals surface area contributed by atoms with Crippen LogP contribution in [0.4, 0.5) is 0 Å². The van der Waals surface area contributed by atoms with Crippen molar-refractivity contribution in [2.24, 2.45) is 11.3 Å². The van der Waals surface area contributed by atoms with Gasteiger partial charge in [0, 0.05) is 20.0 Å². The number of rotatable bonds is 8. The molecule has 0 unspecified atom stereocenters. The lowest BCUT2D eigenvalue weighted by atomic mass is 9.95. The van der Waals surface area contributed by atoms with Crippen molar-refractivity contribution in [3.63, 3.8) is 0 Å². The van der Waals surface area contributed by atoms with Gasteiger partial charge in [0.25, 0.3) is 0 Å². The van der Waals surface area contributed by atoms with Gasteiger partial charge in [-0.1, -0.05) is 27.7 Å². The van der Waals surface area contributed by atoms with Crippen LogP contribution in [0.15, 0.2) is 0 Å². The summed E-state index contributed by atoms with van der Waals surface area (Å²) in [6, 6.07) is 0. The zero-order valence-corrected chi connectivity index (χ0v) is 20.5. The summed E-state index contributed by atoms with van der Waals surface area (Å²) >= 11 is 0. The number of esters is 1. The summed E-state index contributed by atoms with van der Waals surface area (Å²) in [4.78, 5) is 12.1. The van der Waals surface area contributed by atoms with Crippen molar-refractivity contribution in [2.75, 3.05) is 13.7 Å². The van der Waals surface area contributed by atoms with Gasteiger partial charge in [0.1, 0.15) is 6.10 Å². The zero-order chi connectivity index (χ0) is 21.9. The minimum Gasteiger partial charge on any atom is -0.465 e. The van der Waals surface area contributed by atoms with Crippen LogP contribution in [-0.4, -0.2) is 57.7 Å². The molecular weight excluding hydrogens is 376 g/mol. The van der Waals surface area contributed by atoms with Crippen molar-refractivity contribution >= 4 is 14.3 Å². The summed E-state index contributed by atoms with van der Waals surface area (Å²) in [7, 11) is -0.517. The molecule has 1 rings (SSSR count). The van der Waals surface area contributed by atoms with Gasteiger partial charge in [0.05, 0.1) is 24.2 Å². The van der Waals surface area contributed by atoms with Gasteiger partial charge in [-0.15, -0.1) is 0 Å². The lowest BCUT2D eigenvalue weighted by molar-refractivity contribution is -0.161. The van der Waals surface area contributed by atoms with Crippen molar-refractivity contribution < 1.29 is 28.5 Å². The van der Waals surface area contributed by atoms with Crippen molar-refractivity contribution in [2.45, 2.75) is 104 Å². The van der Waals surface area contributed by atoms with Crippen LogP contribution in [0.5, 0.6) is 0 Å². The molecule has 0 spiro atoms. The molecule has 1 fully saturated rings. The Hall–Kier alpha value is -0.473. The standard InChI is InChI=1S/C21H42O6Si/c1-14-13-16(24-8)26-18(14)17(22)15(27-28(9,10)21(5,6)7)11-12-25-19(23)20(2,3)4/h14-18,22H,11-13H2,1-10H3/t14-,15-,16+,17+,18+/m1/s1. The van der Waals surface area contributed by atoms with E-state index in [1.165, 1.54) is 0 Å². The Morgan fingerprint density at radius 3 is 2.21 bits per heavy atom. The minimum atomic E-state index is -2.13. The van der Waals surface area contributed by atoms with Gasteiger partial charge in [-0.3, -0.25) is 4.79 Å². The molecule has 6 nitrogen and oxygen atoms in total. The van der Waals surface area contributed by atoms with E-state index >= 15 is 0 Å². The first-order chi connectivity index (χ1) is 12.6. The second kappa shape index (κ2) is 9.56. The molecule has 1 aliphatic rings. The van der Waals surface area contributed by atoms with Crippen LogP contribution in [0.3, 0.4) is 0 Å². The molecule has 0 aromatic carbocycles. The third kappa shape index (κ3) is 6.80. The molecule has 1 heterocycles. The Morgan fingerprint density at radius 1 is 1.21 bits per heavy atom. The maximum atomic E-state index is 12.1. The van der Waals surface area contributed by atoms with E-state index in [0.29, 0.717) is 6.42 Å². The first kappa shape index (κ1) is 25.6. The topological polar surface area (TPSA) is 74.2 Å². The van der Waals surface area contributed by atoms with Gasteiger partial charge in [0.15, 0.2) is 14.6 Å². The molecule has 1 N–H and O–H groups in total. The maximum absolute atomic E-state index is 12.1. The molecular formula is C21H42O6Si. The van der Waals surface area contributed by atoms with Crippen LogP contribution in [0, 0.1) is 11.3 Å². The van der Waals surface area contributed by atoms with Crippen LogP contribution in [0.25, 0.3) is 0 Å². The molecule has 166 valence electrons. The number of hydrogen-bond acceptors (Lipinski definition) is 6. The third-order valence-electron chi connectivity index (χ3n) is 5.91. The Morgan fingerprint density at radius 2 is 1.79 bits per heavy atom. The fraction of sp³-hybridized carbons (Fsp3) is 0.952. The van der Waals surface area contributed by atoms with Gasteiger partial charge >= 0.3 is 5.97 Å². The van der Waals surface area contributed by atoms with E-state index in [1.807, 2.05) is 20.8 Å². The SMILES string of the molecule is CO[C@@H]1C[C@@H](C)[C@@H]([C@@H](O)[C@@H](CCOC(=O)C(C)(C)C)O[Si](C)(C)C(C)(C)C)O1. The van der Waals surface area contributed by atoms with Gasteiger partial charge < -0.3 is 23.7 Å². The van der Waals surface area contributed by atoms with Crippen LogP contribution in [0.1, 0.15) is 61.3 Å². The molecule has 7 heteroatoms. The van der Waals surface area contributed by atoms with Crippen LogP contribution in [0.2, 0.25) is 18.1 Å². The highest BCUT2D eigenvalue weighted by Crippen LogP contribution is 2.39. The maximum Gasteiger partial charge on any atom is 0.311 e. The van der Waals surface area contributed by atoms with E-state index in [0.717, 1.165) is 6.42 Å². The van der Waals surface area contributed by atoms with Gasteiger partial charge in [-0.2, -0.15) is 0 Å². The molecule has 5 atom stereocenters. The van der Waals surface area contributed by atoms with Gasteiger partial charge in [-0.05, 0) is 44.8 Å². The van der Waals surface area contributed by atoms with E-state index in [1.54, 1.807) is 7.11 Å². The summed E-state index contributed by atoms with van der Waals surface area (Å²) in [5.41, 5.74) is -0.552. The third-order valence-corrected chi connectivity index (χ3v) is 10.4. The number of aliphatic hydroxyl groups excluding tert-OH is 1. The quantitative estimate of drug-likeness (QED) is 0.472. The molecule has 0 amide bonds. The summed E-state index contributed by atoms with van der Waals surface area (Å²) in [5, 5.41) is 11.1. The predicted molar refractivity (Wildman–Crippen MR) is 113 cm³/mol. The largest absolute Gasteiger partial charge is 0.465 e. The van der Waals surface area contributed by atoms with Gasteiger partial charge in [0.2, 0.25) is 0 Å². The van der Waals surface area contributed by atoms with E-state index in [-0.39, 0.29) is 35.9 Å². The number of methoxy groups -OCH3 is 1. The molecule has 0 radical (unpaired) electrons. The normalized spacial score (nSPS) is 26.2. The van der Waals surface area contributed by atoms with E-state index in [4.69, 9.17) is 18.6 Å². The molecule has 1 aliphatic heterocycles. The highest BCUT2D eigenvalue weighted by Gasteiger charge is 2.45. The summed E-state index contributed by atoms with van der Waals surface area (Å²) in [6.07, 6.45) is -0.765. The number of aliphatic hydroxyl groups is 1. The highest BCUT2D eigenvalue weighted by molar-refractivity contribution is 6.74. The molecule has 0 aromatic rings. The Labute approximate surface area is 172 Å². The van der Waals surface area contributed by atoms with Crippen LogP contribution >= 0.6 is 0 Å². The van der Waals surface area contributed by atoms with Crippen molar-refractivity contribution in [3.8, 4) is 0 Å². The zero-order valence-electron chi connectivity index (χ0n) is 19.5.